The molecular formula is C10H13FN2O3. The maximum Gasteiger partial charge on any atom is 0.220 e. The van der Waals surface area contributed by atoms with Crippen molar-refractivity contribution in [3.63, 3.8) is 0 Å². The Morgan fingerprint density at radius 2 is 2.06 bits per heavy atom. The molecule has 1 aromatic rings. The molecular weight excluding hydrogens is 215 g/mol. The summed E-state index contributed by atoms with van der Waals surface area (Å²) in [6, 6.07) is 3.55. The predicted octanol–water partition coefficient (Wildman–Crippen LogP) is -0.322. The summed E-state index contributed by atoms with van der Waals surface area (Å²) in [5.74, 6) is -1.35. The SMILES string of the molecule is NC(=O)CC(O)C(O)c1ccc(F)c(N)c1. The van der Waals surface area contributed by atoms with E-state index in [1.165, 1.54) is 12.1 Å². The number of amides is 1. The summed E-state index contributed by atoms with van der Waals surface area (Å²) in [4.78, 5) is 10.5. The molecule has 0 bridgehead atoms. The van der Waals surface area contributed by atoms with Gasteiger partial charge in [0.15, 0.2) is 0 Å². The van der Waals surface area contributed by atoms with Crippen molar-refractivity contribution in [1.82, 2.24) is 0 Å². The van der Waals surface area contributed by atoms with Gasteiger partial charge in [-0.2, -0.15) is 0 Å². The molecule has 0 saturated carbocycles. The highest BCUT2D eigenvalue weighted by Crippen LogP contribution is 2.22. The van der Waals surface area contributed by atoms with E-state index in [9.17, 15) is 19.4 Å². The highest BCUT2D eigenvalue weighted by atomic mass is 19.1. The Morgan fingerprint density at radius 1 is 1.44 bits per heavy atom. The molecule has 0 aromatic heterocycles. The van der Waals surface area contributed by atoms with E-state index in [4.69, 9.17) is 11.5 Å². The van der Waals surface area contributed by atoms with Crippen molar-refractivity contribution in [1.29, 1.82) is 0 Å². The maximum absolute atomic E-state index is 12.8. The summed E-state index contributed by atoms with van der Waals surface area (Å²) in [6.07, 6.45) is -3.03. The van der Waals surface area contributed by atoms with Gasteiger partial charge in [-0.1, -0.05) is 6.07 Å². The van der Waals surface area contributed by atoms with Gasteiger partial charge in [0.1, 0.15) is 11.9 Å². The summed E-state index contributed by atoms with van der Waals surface area (Å²) in [5, 5.41) is 19.0. The average molecular weight is 228 g/mol. The molecule has 2 atom stereocenters. The van der Waals surface area contributed by atoms with E-state index in [0.29, 0.717) is 0 Å². The van der Waals surface area contributed by atoms with Crippen LogP contribution >= 0.6 is 0 Å². The van der Waals surface area contributed by atoms with Gasteiger partial charge in [0.2, 0.25) is 5.91 Å². The molecule has 2 unspecified atom stereocenters. The number of carbonyl (C=O) groups is 1. The average Bonchev–Trinajstić information content (AvgIpc) is 2.20. The Morgan fingerprint density at radius 3 is 2.56 bits per heavy atom. The third-order valence-electron chi connectivity index (χ3n) is 2.14. The van der Waals surface area contributed by atoms with Crippen molar-refractivity contribution in [2.75, 3.05) is 5.73 Å². The number of rotatable bonds is 4. The lowest BCUT2D eigenvalue weighted by Crippen LogP contribution is -2.25. The van der Waals surface area contributed by atoms with E-state index in [1.807, 2.05) is 0 Å². The zero-order chi connectivity index (χ0) is 12.3. The Balaban J connectivity index is 2.83. The number of halogens is 1. The minimum absolute atomic E-state index is 0.136. The van der Waals surface area contributed by atoms with Crippen molar-refractivity contribution in [3.8, 4) is 0 Å². The van der Waals surface area contributed by atoms with Crippen LogP contribution in [0.15, 0.2) is 18.2 Å². The zero-order valence-electron chi connectivity index (χ0n) is 8.43. The van der Waals surface area contributed by atoms with E-state index in [2.05, 4.69) is 0 Å². The summed E-state index contributed by atoms with van der Waals surface area (Å²) in [7, 11) is 0. The van der Waals surface area contributed by atoms with Gasteiger partial charge in [-0.3, -0.25) is 4.79 Å². The molecule has 0 aliphatic heterocycles. The topological polar surface area (TPSA) is 110 Å². The first kappa shape index (κ1) is 12.4. The molecule has 0 saturated heterocycles. The molecule has 0 heterocycles. The minimum atomic E-state index is -1.33. The Bertz CT molecular complexity index is 398. The number of nitrogens with two attached hydrogens (primary N) is 2. The van der Waals surface area contributed by atoms with Gasteiger partial charge in [0, 0.05) is 0 Å². The fourth-order valence-electron chi connectivity index (χ4n) is 1.29. The number of primary amides is 1. The molecule has 1 rings (SSSR count). The van der Waals surface area contributed by atoms with E-state index in [1.54, 1.807) is 0 Å². The van der Waals surface area contributed by atoms with Crippen LogP contribution < -0.4 is 11.5 Å². The van der Waals surface area contributed by atoms with Crippen molar-refractivity contribution < 1.29 is 19.4 Å². The first-order valence-corrected chi connectivity index (χ1v) is 4.61. The van der Waals surface area contributed by atoms with Gasteiger partial charge < -0.3 is 21.7 Å². The van der Waals surface area contributed by atoms with Crippen LogP contribution in [0.5, 0.6) is 0 Å². The number of anilines is 1. The minimum Gasteiger partial charge on any atom is -0.396 e. The molecule has 0 fully saturated rings. The number of benzene rings is 1. The molecule has 6 N–H and O–H groups in total. The summed E-state index contributed by atoms with van der Waals surface area (Å²) < 4.78 is 12.8. The Kier molecular flexibility index (Phi) is 3.81. The number of hydrogen-bond donors (Lipinski definition) is 4. The monoisotopic (exact) mass is 228 g/mol. The fourth-order valence-corrected chi connectivity index (χ4v) is 1.29. The lowest BCUT2D eigenvalue weighted by Gasteiger charge is -2.17. The van der Waals surface area contributed by atoms with Crippen LogP contribution in [0.25, 0.3) is 0 Å². The first-order valence-electron chi connectivity index (χ1n) is 4.61. The summed E-state index contributed by atoms with van der Waals surface area (Å²) >= 11 is 0. The summed E-state index contributed by atoms with van der Waals surface area (Å²) in [6.45, 7) is 0. The smallest absolute Gasteiger partial charge is 0.220 e. The second-order valence-corrected chi connectivity index (χ2v) is 3.46. The van der Waals surface area contributed by atoms with Gasteiger partial charge in [-0.05, 0) is 17.7 Å². The second kappa shape index (κ2) is 4.91. The van der Waals surface area contributed by atoms with E-state index >= 15 is 0 Å². The Hall–Kier alpha value is -1.66. The molecule has 1 aromatic carbocycles. The molecule has 1 amide bonds. The van der Waals surface area contributed by atoms with E-state index in [0.717, 1.165) is 6.07 Å². The van der Waals surface area contributed by atoms with Crippen molar-refractivity contribution in [2.45, 2.75) is 18.6 Å². The number of nitrogen functional groups attached to an aromatic ring is 1. The van der Waals surface area contributed by atoms with Crippen LogP contribution in [-0.2, 0) is 4.79 Å². The van der Waals surface area contributed by atoms with Gasteiger partial charge in [0.05, 0.1) is 18.2 Å². The van der Waals surface area contributed by atoms with Crippen LogP contribution in [0, 0.1) is 5.82 Å². The molecule has 0 aliphatic rings. The molecule has 88 valence electrons. The van der Waals surface area contributed by atoms with Crippen LogP contribution in [0.3, 0.4) is 0 Å². The van der Waals surface area contributed by atoms with Crippen LogP contribution in [0.2, 0.25) is 0 Å². The quantitative estimate of drug-likeness (QED) is 0.529. The largest absolute Gasteiger partial charge is 0.396 e. The third kappa shape index (κ3) is 2.91. The first-order chi connectivity index (χ1) is 7.41. The highest BCUT2D eigenvalue weighted by molar-refractivity contribution is 5.74. The predicted molar refractivity (Wildman–Crippen MR) is 55.6 cm³/mol. The van der Waals surface area contributed by atoms with Crippen molar-refractivity contribution >= 4 is 11.6 Å². The number of carbonyl (C=O) groups excluding carboxylic acids is 1. The van der Waals surface area contributed by atoms with Crippen LogP contribution in [0.1, 0.15) is 18.1 Å². The highest BCUT2D eigenvalue weighted by Gasteiger charge is 2.20. The number of aliphatic hydroxyl groups excluding tert-OH is 2. The molecule has 5 nitrogen and oxygen atoms in total. The molecule has 0 aliphatic carbocycles. The van der Waals surface area contributed by atoms with Gasteiger partial charge in [-0.15, -0.1) is 0 Å². The molecule has 0 spiro atoms. The molecule has 6 heteroatoms. The number of hydrogen-bond acceptors (Lipinski definition) is 4. The van der Waals surface area contributed by atoms with E-state index < -0.39 is 23.9 Å². The second-order valence-electron chi connectivity index (χ2n) is 3.46. The van der Waals surface area contributed by atoms with Gasteiger partial charge in [0.25, 0.3) is 0 Å². The number of aliphatic hydroxyl groups is 2. The third-order valence-corrected chi connectivity index (χ3v) is 2.14. The lowest BCUT2D eigenvalue weighted by molar-refractivity contribution is -0.121. The summed E-state index contributed by atoms with van der Waals surface area (Å²) in [5.41, 5.74) is 10.3. The van der Waals surface area contributed by atoms with Crippen molar-refractivity contribution in [2.24, 2.45) is 5.73 Å². The normalized spacial score (nSPS) is 14.4. The zero-order valence-corrected chi connectivity index (χ0v) is 8.43. The van der Waals surface area contributed by atoms with E-state index in [-0.39, 0.29) is 17.7 Å². The standard InChI is InChI=1S/C10H13FN2O3/c11-6-2-1-5(3-7(6)12)10(16)8(14)4-9(13)15/h1-3,8,10,14,16H,4,12H2,(H2,13,15). The maximum atomic E-state index is 12.8. The Labute approximate surface area is 91.5 Å². The molecule has 0 radical (unpaired) electrons. The van der Waals surface area contributed by atoms with Gasteiger partial charge >= 0.3 is 0 Å². The van der Waals surface area contributed by atoms with Crippen LogP contribution in [0.4, 0.5) is 10.1 Å². The van der Waals surface area contributed by atoms with Crippen LogP contribution in [-0.4, -0.2) is 22.2 Å². The molecule has 16 heavy (non-hydrogen) atoms. The fraction of sp³-hybridized carbons (Fsp3) is 0.300. The lowest BCUT2D eigenvalue weighted by atomic mass is 10.0. The van der Waals surface area contributed by atoms with Crippen molar-refractivity contribution in [3.05, 3.63) is 29.6 Å². The van der Waals surface area contributed by atoms with Gasteiger partial charge in [-0.25, -0.2) is 4.39 Å².